The molecule has 29 heteroatoms. The van der Waals surface area contributed by atoms with Crippen molar-refractivity contribution >= 4 is 40.9 Å². The summed E-state index contributed by atoms with van der Waals surface area (Å²) in [5.41, 5.74) is -4.44. The van der Waals surface area contributed by atoms with Gasteiger partial charge in [-0.3, -0.25) is 33.8 Å². The third-order valence-corrected chi connectivity index (χ3v) is 25.2. The lowest BCUT2D eigenvalue weighted by Gasteiger charge is -2.50. The van der Waals surface area contributed by atoms with Gasteiger partial charge in [-0.1, -0.05) is 87.5 Å². The molecule has 9 rings (SSSR count). The minimum absolute atomic E-state index is 0.0164. The number of fused-ring (bicyclic) bond motifs is 3. The van der Waals surface area contributed by atoms with Gasteiger partial charge in [0.1, 0.15) is 58.7 Å². The van der Waals surface area contributed by atoms with E-state index in [1.54, 1.807) is 107 Å². The predicted octanol–water partition coefficient (Wildman–Crippen LogP) is 7.06. The molecule has 0 saturated carbocycles. The summed E-state index contributed by atoms with van der Waals surface area (Å²) in [6.07, 6.45) is -3.67. The molecule has 8 aliphatic rings. The number of rotatable bonds is 12. The molecule has 1 spiro atoms. The molecule has 9 N–H and O–H groups in total. The van der Waals surface area contributed by atoms with Crippen LogP contribution in [0.5, 0.6) is 11.5 Å². The number of nitrogens with one attached hydrogen (secondary N) is 2. The van der Waals surface area contributed by atoms with Gasteiger partial charge in [-0.15, -0.1) is 0 Å². The third kappa shape index (κ3) is 19.2. The van der Waals surface area contributed by atoms with Gasteiger partial charge in [0.05, 0.1) is 94.7 Å². The first-order valence-electron chi connectivity index (χ1n) is 40.1. The molecular weight excluding hydrogens is 1460 g/mol. The minimum Gasteiger partial charge on any atom is -0.507 e. The number of likely N-dealkylation sites (N-methyl/N-ethyl adjacent to an activating group) is 1. The van der Waals surface area contributed by atoms with Gasteiger partial charge in [-0.2, -0.15) is 0 Å². The summed E-state index contributed by atoms with van der Waals surface area (Å²) in [5, 5.41) is 86.6. The van der Waals surface area contributed by atoms with Crippen LogP contribution in [0.3, 0.4) is 0 Å². The van der Waals surface area contributed by atoms with Gasteiger partial charge in [0.25, 0.3) is 11.7 Å². The van der Waals surface area contributed by atoms with E-state index in [2.05, 4.69) is 29.4 Å². The molecule has 7 aliphatic heterocycles. The zero-order valence-corrected chi connectivity index (χ0v) is 71.0. The highest BCUT2D eigenvalue weighted by Crippen LogP contribution is 2.51. The summed E-state index contributed by atoms with van der Waals surface area (Å²) in [5.74, 6) is -11.3. The van der Waals surface area contributed by atoms with Crippen LogP contribution in [0.2, 0.25) is 0 Å². The standard InChI is InChI=1S/C46H62N4O11.C38H69NO13/c1-22(2)21-50-18-16-46(17-19-50)48-34-31-32-39(54)28(8)42-33(31)43(56)45(10,61-42)59-20-15-30(58-11)25(5)41(60-29(9)51)27(7)38(53)26(6)37(52)23(3)13-12-14-24(4)44(57)47-36(40(32)55)35(34)49-46;1-15-26-38(10,45)31(42)21(4)28(40)19(2)17-37(9,47-14)33(52-35-29(41)25(39(11)12)16-20(3)48-35)22(5)30(23(6)34(44)50-26)51-27-18-36(8,46-13)32(43)24(7)49-27/h12-15,20,22-23,25-27,30,37-38,41,49,52-54H,16-19,21H2,1-11H3,(H,47,57);19-27,29-33,35,41-43,45H,15-18H2,1-14H3/b13-12+,20-15+,24-14-;/t23-,25+,26+,27+,30-,37-,38+,41+,45-;19-,20-,21+,22+,23-,24+,25+,26-,27+,29-,30+,31-,32+,33-,35+,36-,37-,38-/m01/s1. The van der Waals surface area contributed by atoms with Gasteiger partial charge in [-0.25, -0.2) is 0 Å². The number of phenolic OH excluding ortho intramolecular Hbond substituents is 1. The van der Waals surface area contributed by atoms with Crippen molar-refractivity contribution < 1.29 is 117 Å². The van der Waals surface area contributed by atoms with E-state index < -0.39 is 190 Å². The lowest BCUT2D eigenvalue weighted by atomic mass is 9.74. The normalized spacial score (nSPS) is 40.8. The van der Waals surface area contributed by atoms with Crippen LogP contribution in [0.4, 0.5) is 0 Å². The van der Waals surface area contributed by atoms with E-state index in [1.807, 2.05) is 32.8 Å². The summed E-state index contributed by atoms with van der Waals surface area (Å²) in [4.78, 5) is 93.3. The Hall–Kier alpha value is -6.13. The molecule has 113 heavy (non-hydrogen) atoms. The maximum atomic E-state index is 14.7. The lowest BCUT2D eigenvalue weighted by Crippen LogP contribution is -2.61. The van der Waals surface area contributed by atoms with Gasteiger partial charge in [0.15, 0.2) is 12.6 Å². The van der Waals surface area contributed by atoms with Gasteiger partial charge < -0.3 is 108 Å². The van der Waals surface area contributed by atoms with Crippen LogP contribution in [-0.4, -0.2) is 262 Å². The molecule has 4 fully saturated rings. The number of piperidine rings is 1. The Morgan fingerprint density at radius 1 is 0.761 bits per heavy atom. The van der Waals surface area contributed by atoms with Gasteiger partial charge in [-0.05, 0) is 101 Å². The Kier molecular flexibility index (Phi) is 30.1. The van der Waals surface area contributed by atoms with Crippen molar-refractivity contribution in [2.24, 2.45) is 58.3 Å². The number of hydrogen-bond donors (Lipinski definition) is 9. The molecule has 0 radical (unpaired) electrons. The number of aliphatic hydroxyl groups excluding tert-OH is 5. The number of likely N-dealkylation sites (tertiary alicyclic amines) is 1. The number of allylic oxidation sites excluding steroid dienone is 4. The fraction of sp³-hybridized carbons (Fsp3) is 0.750. The lowest BCUT2D eigenvalue weighted by molar-refractivity contribution is -0.319. The molecule has 0 unspecified atom stereocenters. The molecule has 1 aromatic carbocycles. The van der Waals surface area contributed by atoms with Gasteiger partial charge in [0, 0.05) is 138 Å². The van der Waals surface area contributed by atoms with Crippen LogP contribution in [0.1, 0.15) is 202 Å². The van der Waals surface area contributed by atoms with Crippen molar-refractivity contribution in [3.63, 3.8) is 0 Å². The number of carbonyl (C=O) groups is 6. The highest BCUT2D eigenvalue weighted by atomic mass is 16.7. The minimum atomic E-state index is -1.97. The number of cyclic esters (lactones) is 1. The quantitative estimate of drug-likeness (QED) is 0.0946. The number of aromatic hydroxyl groups is 1. The topological polar surface area (TPSA) is 388 Å². The number of methoxy groups -OCH3 is 3. The predicted molar refractivity (Wildman–Crippen MR) is 418 cm³/mol. The van der Waals surface area contributed by atoms with Crippen molar-refractivity contribution in [2.45, 2.75) is 297 Å². The Balaban J connectivity index is 0.000000287. The average molecular weight is 1590 g/mol. The number of esters is 2. The largest absolute Gasteiger partial charge is 0.507 e. The smallest absolute Gasteiger partial charge is 0.312 e. The number of aliphatic hydroxyl groups is 6. The molecule has 1 aromatic rings. The molecule has 4 saturated heterocycles. The van der Waals surface area contributed by atoms with Crippen LogP contribution < -0.4 is 15.4 Å². The van der Waals surface area contributed by atoms with E-state index in [-0.39, 0.29) is 87.9 Å². The van der Waals surface area contributed by atoms with E-state index in [9.17, 15) is 64.5 Å². The number of ether oxygens (including phenoxy) is 11. The molecule has 636 valence electrons. The van der Waals surface area contributed by atoms with Crippen molar-refractivity contribution in [1.29, 1.82) is 0 Å². The van der Waals surface area contributed by atoms with Crippen molar-refractivity contribution in [2.75, 3.05) is 55.1 Å². The number of hydrogen-bond acceptors (Lipinski definition) is 28. The molecule has 7 heterocycles. The fourth-order valence-electron chi connectivity index (χ4n) is 17.9. The Bertz CT molecular complexity index is 3750. The summed E-state index contributed by atoms with van der Waals surface area (Å²) in [6.45, 7) is 36.6. The second kappa shape index (κ2) is 36.8. The fourth-order valence-corrected chi connectivity index (χ4v) is 17.9. The molecule has 0 aromatic heterocycles. The average Bonchev–Trinajstić information content (AvgIpc) is 1.55. The van der Waals surface area contributed by atoms with E-state index in [0.717, 1.165) is 19.6 Å². The highest BCUT2D eigenvalue weighted by Gasteiger charge is 2.58. The number of carbonyl (C=O) groups excluding carboxylic acids is 6. The first-order chi connectivity index (χ1) is 52.6. The molecule has 1 aliphatic carbocycles. The molecular formula is C84H131N5O24. The Morgan fingerprint density at radius 3 is 1.98 bits per heavy atom. The molecule has 29 nitrogen and oxygen atoms in total. The van der Waals surface area contributed by atoms with Crippen LogP contribution in [0, 0.1) is 60.2 Å². The Morgan fingerprint density at radius 2 is 1.40 bits per heavy atom. The van der Waals surface area contributed by atoms with Crippen molar-refractivity contribution in [1.82, 2.24) is 20.4 Å². The van der Waals surface area contributed by atoms with Gasteiger partial charge in [0.2, 0.25) is 5.78 Å². The first kappa shape index (κ1) is 92.4. The van der Waals surface area contributed by atoms with Crippen LogP contribution >= 0.6 is 0 Å². The maximum absolute atomic E-state index is 14.7. The monoisotopic (exact) mass is 1590 g/mol. The number of phenols is 1. The number of aliphatic imine (C=N–C) groups is 1. The number of ketones is 3. The molecule has 1 amide bonds. The van der Waals surface area contributed by atoms with E-state index in [1.165, 1.54) is 55.3 Å². The van der Waals surface area contributed by atoms with Crippen molar-refractivity contribution in [3.8, 4) is 11.5 Å². The van der Waals surface area contributed by atoms with Crippen LogP contribution in [0.15, 0.2) is 52.5 Å². The molecule has 5 bridgehead atoms. The highest BCUT2D eigenvalue weighted by molar-refractivity contribution is 6.34. The summed E-state index contributed by atoms with van der Waals surface area (Å²) in [7, 11) is 8.23. The summed E-state index contributed by atoms with van der Waals surface area (Å²) < 4.78 is 67.8. The number of Topliss-reactive ketones (excluding diaryl/α,β-unsaturated/α-hetero) is 3. The van der Waals surface area contributed by atoms with E-state index in [4.69, 9.17) is 57.1 Å². The number of amides is 1. The second-order valence-corrected chi connectivity index (χ2v) is 34.7. The molecule has 27 atom stereocenters. The maximum Gasteiger partial charge on any atom is 0.312 e. The van der Waals surface area contributed by atoms with E-state index >= 15 is 0 Å². The SMILES string of the molecule is CC[C@H]1OC(=O)[C@H](C)[C@@H](O[C@H]2C[C@@](C)(OC)[C@@H](O)[C@H](C)O2)[C@H](C)[C@@H](O[C@@H]2O[C@H](C)C[C@H](N(C)C)[C@H]2O)[C@](C)(OC)C[C@@H](C)C(=O)[C@H](C)[C@@H](O)[C@]1(C)O.CO[C@H]1/C=C/O[C@@]2(C)Oc3c(C)c(O)c4c(c3C2=O)C2=NC3(CCN(CC(C)C)CC3)NC2=C(NC(=O)/C(C)=C\C=C\[C@H](C)[C@H](O)[C@@H](C)[C@@H](O)[C@@H](C)[C@H](OC(C)=O)[C@@H]1C)C4=O. The summed E-state index contributed by atoms with van der Waals surface area (Å²) in [6, 6.07) is -0.283. The van der Waals surface area contributed by atoms with Crippen LogP contribution in [-0.2, 0) is 66.5 Å². The summed E-state index contributed by atoms with van der Waals surface area (Å²) >= 11 is 0. The van der Waals surface area contributed by atoms with Crippen molar-refractivity contribution in [3.05, 3.63) is 69.8 Å². The number of nitrogens with zero attached hydrogens (tertiary/aromatic N) is 3. The first-order valence-corrected chi connectivity index (χ1v) is 40.1. The third-order valence-electron chi connectivity index (χ3n) is 25.2. The zero-order chi connectivity index (χ0) is 84.5. The van der Waals surface area contributed by atoms with E-state index in [0.29, 0.717) is 25.2 Å². The zero-order valence-electron chi connectivity index (χ0n) is 71.0. The van der Waals surface area contributed by atoms with Gasteiger partial charge >= 0.3 is 17.7 Å². The van der Waals surface area contributed by atoms with Crippen LogP contribution in [0.25, 0.3) is 0 Å². The number of benzene rings is 1. The second-order valence-electron chi connectivity index (χ2n) is 34.7. The Labute approximate surface area is 666 Å².